The Kier molecular flexibility index (Phi) is 7.16. The number of likely N-dealkylation sites (N-methyl/N-ethyl adjacent to an activating group) is 1. The molecule has 2 N–H and O–H groups in total. The van der Waals surface area contributed by atoms with Crippen molar-refractivity contribution in [3.05, 3.63) is 48.0 Å². The van der Waals surface area contributed by atoms with E-state index in [1.54, 1.807) is 11.9 Å². The van der Waals surface area contributed by atoms with Gasteiger partial charge in [-0.1, -0.05) is 56.3 Å². The van der Waals surface area contributed by atoms with Gasteiger partial charge in [-0.2, -0.15) is 0 Å². The van der Waals surface area contributed by atoms with Gasteiger partial charge in [0.05, 0.1) is 6.42 Å². The lowest BCUT2D eigenvalue weighted by Crippen LogP contribution is -2.50. The van der Waals surface area contributed by atoms with Crippen LogP contribution in [0.1, 0.15) is 25.8 Å². The third-order valence-electron chi connectivity index (χ3n) is 4.46. The summed E-state index contributed by atoms with van der Waals surface area (Å²) < 4.78 is 0. The van der Waals surface area contributed by atoms with Crippen LogP contribution in [-0.4, -0.2) is 48.1 Å². The minimum atomic E-state index is -0.563. The number of benzene rings is 2. The van der Waals surface area contributed by atoms with Crippen molar-refractivity contribution in [3.8, 4) is 0 Å². The van der Waals surface area contributed by atoms with Gasteiger partial charge in [-0.3, -0.25) is 9.59 Å². The minimum absolute atomic E-state index is 0.0142. The van der Waals surface area contributed by atoms with Gasteiger partial charge < -0.3 is 15.3 Å². The van der Waals surface area contributed by atoms with E-state index in [9.17, 15) is 9.59 Å². The minimum Gasteiger partial charge on any atom is -0.396 e. The van der Waals surface area contributed by atoms with Gasteiger partial charge in [-0.25, -0.2) is 0 Å². The molecule has 0 unspecified atom stereocenters. The van der Waals surface area contributed by atoms with Crippen LogP contribution in [0.4, 0.5) is 0 Å². The molecule has 0 saturated carbocycles. The van der Waals surface area contributed by atoms with E-state index in [4.69, 9.17) is 5.11 Å². The first kappa shape index (κ1) is 19.9. The SMILES string of the molecule is CC(C)[C@@H](NC(=O)Cc1ccc2ccccc2c1)C(=O)N(C)CCCO. The molecule has 2 aromatic carbocycles. The van der Waals surface area contributed by atoms with Crippen molar-refractivity contribution < 1.29 is 14.7 Å². The van der Waals surface area contributed by atoms with Crippen LogP contribution >= 0.6 is 0 Å². The van der Waals surface area contributed by atoms with Crippen molar-refractivity contribution in [3.63, 3.8) is 0 Å². The molecule has 0 fully saturated rings. The van der Waals surface area contributed by atoms with Gasteiger partial charge in [0.1, 0.15) is 6.04 Å². The number of nitrogens with zero attached hydrogens (tertiary/aromatic N) is 1. The molecule has 0 saturated heterocycles. The Balaban J connectivity index is 2.03. The molecule has 2 aromatic rings. The summed E-state index contributed by atoms with van der Waals surface area (Å²) in [5.74, 6) is -0.303. The molecule has 0 radical (unpaired) electrons. The first-order valence-corrected chi connectivity index (χ1v) is 9.05. The van der Waals surface area contributed by atoms with E-state index in [1.807, 2.05) is 56.3 Å². The average Bonchev–Trinajstić information content (AvgIpc) is 2.63. The summed E-state index contributed by atoms with van der Waals surface area (Å²) in [6, 6.07) is 13.4. The lowest BCUT2D eigenvalue weighted by molar-refractivity contribution is -0.136. The largest absolute Gasteiger partial charge is 0.396 e. The number of aliphatic hydroxyl groups excluding tert-OH is 1. The topological polar surface area (TPSA) is 69.6 Å². The van der Waals surface area contributed by atoms with Gasteiger partial charge >= 0.3 is 0 Å². The second-order valence-electron chi connectivity index (χ2n) is 6.98. The van der Waals surface area contributed by atoms with Crippen molar-refractivity contribution in [2.24, 2.45) is 5.92 Å². The van der Waals surface area contributed by atoms with Crippen LogP contribution in [0.2, 0.25) is 0 Å². The van der Waals surface area contributed by atoms with E-state index < -0.39 is 6.04 Å². The summed E-state index contributed by atoms with van der Waals surface area (Å²) in [5.41, 5.74) is 0.921. The van der Waals surface area contributed by atoms with E-state index in [-0.39, 0.29) is 30.8 Å². The molecule has 5 heteroatoms. The molecule has 0 aliphatic carbocycles. The third kappa shape index (κ3) is 5.30. The van der Waals surface area contributed by atoms with Crippen LogP contribution in [0.15, 0.2) is 42.5 Å². The maximum absolute atomic E-state index is 12.6. The van der Waals surface area contributed by atoms with E-state index >= 15 is 0 Å². The number of hydrogen-bond acceptors (Lipinski definition) is 3. The lowest BCUT2D eigenvalue weighted by Gasteiger charge is -2.27. The summed E-state index contributed by atoms with van der Waals surface area (Å²) in [6.45, 7) is 4.34. The molecule has 1 atom stereocenters. The van der Waals surface area contributed by atoms with E-state index in [2.05, 4.69) is 5.32 Å². The maximum Gasteiger partial charge on any atom is 0.245 e. The Morgan fingerprint density at radius 3 is 2.46 bits per heavy atom. The third-order valence-corrected chi connectivity index (χ3v) is 4.46. The van der Waals surface area contributed by atoms with Gasteiger partial charge in [-0.05, 0) is 28.7 Å². The predicted octanol–water partition coefficient (Wildman–Crippen LogP) is 2.36. The standard InChI is InChI=1S/C21H28N2O3/c1-15(2)20(21(26)23(3)11-6-12-24)22-19(25)14-16-9-10-17-7-4-5-8-18(17)13-16/h4-5,7-10,13,15,20,24H,6,11-12,14H2,1-3H3,(H,22,25)/t20-/m1/s1. The zero-order valence-electron chi connectivity index (χ0n) is 15.7. The molecule has 0 aromatic heterocycles. The van der Waals surface area contributed by atoms with Crippen molar-refractivity contribution in [2.75, 3.05) is 20.2 Å². The number of rotatable bonds is 8. The predicted molar refractivity (Wildman–Crippen MR) is 104 cm³/mol. The molecule has 0 heterocycles. The van der Waals surface area contributed by atoms with Crippen LogP contribution in [0.3, 0.4) is 0 Å². The Morgan fingerprint density at radius 2 is 1.81 bits per heavy atom. The summed E-state index contributed by atoms with van der Waals surface area (Å²) in [6.07, 6.45) is 0.764. The van der Waals surface area contributed by atoms with Gasteiger partial charge in [-0.15, -0.1) is 0 Å². The number of fused-ring (bicyclic) bond motifs is 1. The zero-order valence-corrected chi connectivity index (χ0v) is 15.7. The van der Waals surface area contributed by atoms with Crippen LogP contribution < -0.4 is 5.32 Å². The van der Waals surface area contributed by atoms with Gasteiger partial charge in [0.2, 0.25) is 11.8 Å². The van der Waals surface area contributed by atoms with Crippen molar-refractivity contribution in [2.45, 2.75) is 32.7 Å². The number of carbonyl (C=O) groups is 2. The van der Waals surface area contributed by atoms with Crippen LogP contribution in [-0.2, 0) is 16.0 Å². The average molecular weight is 356 g/mol. The summed E-state index contributed by atoms with van der Waals surface area (Å²) in [4.78, 5) is 26.6. The van der Waals surface area contributed by atoms with Gasteiger partial charge in [0, 0.05) is 20.2 Å². The quantitative estimate of drug-likeness (QED) is 0.763. The first-order chi connectivity index (χ1) is 12.4. The normalized spacial score (nSPS) is 12.2. The first-order valence-electron chi connectivity index (χ1n) is 9.05. The van der Waals surface area contributed by atoms with Crippen molar-refractivity contribution in [1.82, 2.24) is 10.2 Å². The second-order valence-corrected chi connectivity index (χ2v) is 6.98. The van der Waals surface area contributed by atoms with Crippen LogP contribution in [0.5, 0.6) is 0 Å². The monoisotopic (exact) mass is 356 g/mol. The molecule has 140 valence electrons. The molecule has 5 nitrogen and oxygen atoms in total. The molecule has 0 aliphatic heterocycles. The molecule has 2 amide bonds. The number of nitrogens with one attached hydrogen (secondary N) is 1. The van der Waals surface area contributed by atoms with Crippen LogP contribution in [0, 0.1) is 5.92 Å². The Bertz CT molecular complexity index is 758. The molecular formula is C21H28N2O3. The molecule has 2 rings (SSSR count). The Morgan fingerprint density at radius 1 is 1.12 bits per heavy atom. The fraction of sp³-hybridized carbons (Fsp3) is 0.429. The number of aliphatic hydroxyl groups is 1. The number of carbonyl (C=O) groups excluding carboxylic acids is 2. The molecule has 0 bridgehead atoms. The van der Waals surface area contributed by atoms with E-state index in [0.717, 1.165) is 16.3 Å². The highest BCUT2D eigenvalue weighted by molar-refractivity contribution is 5.89. The summed E-state index contributed by atoms with van der Waals surface area (Å²) in [7, 11) is 1.70. The molecule has 0 spiro atoms. The van der Waals surface area contributed by atoms with E-state index in [1.165, 1.54) is 0 Å². The highest BCUT2D eigenvalue weighted by Crippen LogP contribution is 2.16. The summed E-state index contributed by atoms with van der Waals surface area (Å²) >= 11 is 0. The Hall–Kier alpha value is -2.40. The number of hydrogen-bond donors (Lipinski definition) is 2. The fourth-order valence-electron chi connectivity index (χ4n) is 2.93. The molecular weight excluding hydrogens is 328 g/mol. The maximum atomic E-state index is 12.6. The fourth-order valence-corrected chi connectivity index (χ4v) is 2.93. The summed E-state index contributed by atoms with van der Waals surface area (Å²) in [5, 5.41) is 14.0. The Labute approximate surface area is 155 Å². The second kappa shape index (κ2) is 9.34. The lowest BCUT2D eigenvalue weighted by atomic mass is 10.0. The van der Waals surface area contributed by atoms with Crippen LogP contribution in [0.25, 0.3) is 10.8 Å². The zero-order chi connectivity index (χ0) is 19.1. The molecule has 26 heavy (non-hydrogen) atoms. The van der Waals surface area contributed by atoms with Gasteiger partial charge in [0.25, 0.3) is 0 Å². The highest BCUT2D eigenvalue weighted by atomic mass is 16.3. The van der Waals surface area contributed by atoms with Gasteiger partial charge in [0.15, 0.2) is 0 Å². The van der Waals surface area contributed by atoms with E-state index in [0.29, 0.717) is 13.0 Å². The smallest absolute Gasteiger partial charge is 0.245 e. The van der Waals surface area contributed by atoms with Crippen molar-refractivity contribution in [1.29, 1.82) is 0 Å². The number of amides is 2. The van der Waals surface area contributed by atoms with Crippen molar-refractivity contribution >= 4 is 22.6 Å². The molecule has 0 aliphatic rings. The highest BCUT2D eigenvalue weighted by Gasteiger charge is 2.26.